The maximum Gasteiger partial charge on any atom is 0.291 e. The van der Waals surface area contributed by atoms with Crippen molar-refractivity contribution in [1.82, 2.24) is 0 Å². The molecule has 2 N–H and O–H groups in total. The summed E-state index contributed by atoms with van der Waals surface area (Å²) in [5.74, 6) is -0.346. The average Bonchev–Trinajstić information content (AvgIpc) is 3.21. The van der Waals surface area contributed by atoms with Gasteiger partial charge in [-0.25, -0.2) is 0 Å². The minimum Gasteiger partial charge on any atom is -0.459 e. The van der Waals surface area contributed by atoms with Gasteiger partial charge in [0.15, 0.2) is 5.76 Å². The molecule has 0 atom stereocenters. The number of carbonyl (C=O) groups excluding carboxylic acids is 2. The number of aryl methyl sites for hydroxylation is 1. The number of anilines is 2. The standard InChI is InChI=1S/C17H13BrN2O3S/c1-10-9-11(18)4-5-12(10)19-17(22)14-6-7-15(24-14)20-16(21)13-3-2-8-23-13/h2-9H,1H3,(H,19,22)(H,20,21). The van der Waals surface area contributed by atoms with Crippen molar-refractivity contribution in [2.75, 3.05) is 10.6 Å². The predicted octanol–water partition coefficient (Wildman–Crippen LogP) is 4.92. The van der Waals surface area contributed by atoms with Crippen molar-refractivity contribution >= 4 is 49.8 Å². The van der Waals surface area contributed by atoms with Crippen LogP contribution in [-0.4, -0.2) is 11.8 Å². The Morgan fingerprint density at radius 2 is 1.92 bits per heavy atom. The van der Waals surface area contributed by atoms with Crippen molar-refractivity contribution in [2.24, 2.45) is 0 Å². The van der Waals surface area contributed by atoms with Crippen LogP contribution in [0.15, 0.2) is 57.6 Å². The van der Waals surface area contributed by atoms with E-state index in [1.807, 2.05) is 25.1 Å². The molecular weight excluding hydrogens is 392 g/mol. The van der Waals surface area contributed by atoms with E-state index in [2.05, 4.69) is 26.6 Å². The molecule has 24 heavy (non-hydrogen) atoms. The van der Waals surface area contributed by atoms with Crippen LogP contribution >= 0.6 is 27.3 Å². The molecule has 2 aromatic heterocycles. The van der Waals surface area contributed by atoms with Gasteiger partial charge in [0, 0.05) is 10.2 Å². The van der Waals surface area contributed by atoms with Crippen LogP contribution in [0.3, 0.4) is 0 Å². The number of thiophene rings is 1. The van der Waals surface area contributed by atoms with Crippen LogP contribution in [-0.2, 0) is 0 Å². The summed E-state index contributed by atoms with van der Waals surface area (Å²) >= 11 is 4.59. The highest BCUT2D eigenvalue weighted by Gasteiger charge is 2.14. The maximum absolute atomic E-state index is 12.3. The highest BCUT2D eigenvalue weighted by molar-refractivity contribution is 9.10. The highest BCUT2D eigenvalue weighted by Crippen LogP contribution is 2.25. The van der Waals surface area contributed by atoms with Gasteiger partial charge in [-0.05, 0) is 55.0 Å². The van der Waals surface area contributed by atoms with Gasteiger partial charge in [-0.2, -0.15) is 0 Å². The second-order valence-electron chi connectivity index (χ2n) is 5.01. The van der Waals surface area contributed by atoms with Gasteiger partial charge in [-0.15, -0.1) is 11.3 Å². The fourth-order valence-corrected chi connectivity index (χ4v) is 3.33. The Bertz CT molecular complexity index is 887. The lowest BCUT2D eigenvalue weighted by Gasteiger charge is -2.07. The maximum atomic E-state index is 12.3. The molecule has 0 bridgehead atoms. The lowest BCUT2D eigenvalue weighted by atomic mass is 10.2. The smallest absolute Gasteiger partial charge is 0.291 e. The van der Waals surface area contributed by atoms with Crippen LogP contribution in [0.2, 0.25) is 0 Å². The molecule has 0 radical (unpaired) electrons. The number of carbonyl (C=O) groups is 2. The molecule has 0 saturated heterocycles. The van der Waals surface area contributed by atoms with E-state index < -0.39 is 0 Å². The zero-order valence-corrected chi connectivity index (χ0v) is 15.0. The van der Waals surface area contributed by atoms with E-state index >= 15 is 0 Å². The fraction of sp³-hybridized carbons (Fsp3) is 0.0588. The predicted molar refractivity (Wildman–Crippen MR) is 97.8 cm³/mol. The summed E-state index contributed by atoms with van der Waals surface area (Å²) in [6.45, 7) is 1.92. The van der Waals surface area contributed by atoms with E-state index in [0.29, 0.717) is 9.88 Å². The number of hydrogen-bond donors (Lipinski definition) is 2. The van der Waals surface area contributed by atoms with Gasteiger partial charge in [0.1, 0.15) is 0 Å². The zero-order valence-electron chi connectivity index (χ0n) is 12.6. The van der Waals surface area contributed by atoms with Gasteiger partial charge in [0.2, 0.25) is 0 Å². The zero-order chi connectivity index (χ0) is 17.1. The van der Waals surface area contributed by atoms with Crippen molar-refractivity contribution in [2.45, 2.75) is 6.92 Å². The Morgan fingerprint density at radius 3 is 2.62 bits per heavy atom. The molecule has 2 amide bonds. The number of halogens is 1. The minimum absolute atomic E-state index is 0.219. The second kappa shape index (κ2) is 7.02. The highest BCUT2D eigenvalue weighted by atomic mass is 79.9. The minimum atomic E-state index is -0.349. The molecule has 2 heterocycles. The van der Waals surface area contributed by atoms with Crippen molar-refractivity contribution in [3.8, 4) is 0 Å². The third-order valence-corrected chi connectivity index (χ3v) is 4.74. The number of furan rings is 1. The number of benzene rings is 1. The molecule has 3 aromatic rings. The summed E-state index contributed by atoms with van der Waals surface area (Å²) in [6.07, 6.45) is 1.43. The molecule has 7 heteroatoms. The van der Waals surface area contributed by atoms with Gasteiger partial charge in [0.25, 0.3) is 11.8 Å². The van der Waals surface area contributed by atoms with E-state index in [-0.39, 0.29) is 17.6 Å². The van der Waals surface area contributed by atoms with E-state index in [1.165, 1.54) is 17.6 Å². The molecule has 0 unspecified atom stereocenters. The van der Waals surface area contributed by atoms with Crippen LogP contribution < -0.4 is 10.6 Å². The Kier molecular flexibility index (Phi) is 4.82. The van der Waals surface area contributed by atoms with Gasteiger partial charge >= 0.3 is 0 Å². The summed E-state index contributed by atoms with van der Waals surface area (Å²) in [5, 5.41) is 6.15. The van der Waals surface area contributed by atoms with Crippen LogP contribution in [0.4, 0.5) is 10.7 Å². The molecule has 122 valence electrons. The first-order valence-electron chi connectivity index (χ1n) is 7.05. The van der Waals surface area contributed by atoms with Crippen molar-refractivity contribution in [3.05, 3.63) is 69.4 Å². The van der Waals surface area contributed by atoms with Crippen LogP contribution in [0.1, 0.15) is 25.8 Å². The lowest BCUT2D eigenvalue weighted by Crippen LogP contribution is -2.11. The summed E-state index contributed by atoms with van der Waals surface area (Å²) in [6, 6.07) is 12.2. The van der Waals surface area contributed by atoms with Crippen LogP contribution in [0.25, 0.3) is 0 Å². The normalized spacial score (nSPS) is 10.4. The summed E-state index contributed by atoms with van der Waals surface area (Å²) in [5.41, 5.74) is 1.71. The largest absolute Gasteiger partial charge is 0.459 e. The molecule has 0 saturated carbocycles. The fourth-order valence-electron chi connectivity index (χ4n) is 2.06. The van der Waals surface area contributed by atoms with Crippen LogP contribution in [0, 0.1) is 6.92 Å². The quantitative estimate of drug-likeness (QED) is 0.648. The third kappa shape index (κ3) is 3.74. The Morgan fingerprint density at radius 1 is 1.08 bits per heavy atom. The van der Waals surface area contributed by atoms with Gasteiger partial charge in [0.05, 0.1) is 16.1 Å². The number of hydrogen-bond acceptors (Lipinski definition) is 4. The molecule has 0 spiro atoms. The summed E-state index contributed by atoms with van der Waals surface area (Å²) in [4.78, 5) is 24.8. The molecule has 1 aromatic carbocycles. The first-order chi connectivity index (χ1) is 11.5. The van der Waals surface area contributed by atoms with E-state index in [4.69, 9.17) is 4.42 Å². The number of rotatable bonds is 4. The Labute approximate surface area is 150 Å². The molecule has 5 nitrogen and oxygen atoms in total. The van der Waals surface area contributed by atoms with Gasteiger partial charge in [-0.1, -0.05) is 15.9 Å². The number of nitrogens with one attached hydrogen (secondary N) is 2. The van der Waals surface area contributed by atoms with Gasteiger partial charge in [-0.3, -0.25) is 9.59 Å². The molecule has 0 aliphatic carbocycles. The topological polar surface area (TPSA) is 71.3 Å². The Balaban J connectivity index is 1.68. The molecule has 0 aliphatic rings. The van der Waals surface area contributed by atoms with E-state index in [9.17, 15) is 9.59 Å². The molecule has 0 aliphatic heterocycles. The Hall–Kier alpha value is -2.38. The third-order valence-electron chi connectivity index (χ3n) is 3.25. The van der Waals surface area contributed by atoms with Crippen molar-refractivity contribution in [1.29, 1.82) is 0 Å². The van der Waals surface area contributed by atoms with E-state index in [1.54, 1.807) is 24.3 Å². The number of amides is 2. The van der Waals surface area contributed by atoms with E-state index in [0.717, 1.165) is 15.7 Å². The molecular formula is C17H13BrN2O3S. The van der Waals surface area contributed by atoms with Gasteiger partial charge < -0.3 is 15.1 Å². The average molecular weight is 405 g/mol. The monoisotopic (exact) mass is 404 g/mol. The summed E-state index contributed by atoms with van der Waals surface area (Å²) in [7, 11) is 0. The lowest BCUT2D eigenvalue weighted by molar-refractivity contribution is 0.0995. The molecule has 3 rings (SSSR count). The first kappa shape index (κ1) is 16.5. The molecule has 0 fully saturated rings. The second-order valence-corrected chi connectivity index (χ2v) is 7.01. The first-order valence-corrected chi connectivity index (χ1v) is 8.66. The van der Waals surface area contributed by atoms with Crippen molar-refractivity contribution < 1.29 is 14.0 Å². The van der Waals surface area contributed by atoms with Crippen LogP contribution in [0.5, 0.6) is 0 Å². The summed E-state index contributed by atoms with van der Waals surface area (Å²) < 4.78 is 5.99. The SMILES string of the molecule is Cc1cc(Br)ccc1NC(=O)c1ccc(NC(=O)c2ccco2)s1. The van der Waals surface area contributed by atoms with Crippen molar-refractivity contribution in [3.63, 3.8) is 0 Å².